The highest BCUT2D eigenvalue weighted by atomic mass is 28.4. The molecule has 4 unspecified atom stereocenters. The number of benzene rings is 1. The molecular weight excluding hydrogens is 348 g/mol. The van der Waals surface area contributed by atoms with Crippen molar-refractivity contribution in [2.24, 2.45) is 17.3 Å². The Bertz CT molecular complexity index is 760. The van der Waals surface area contributed by atoms with Crippen LogP contribution in [0.15, 0.2) is 18.2 Å². The minimum absolute atomic E-state index is 0.0238. The molecule has 3 aliphatic rings. The molecule has 0 aromatic heterocycles. The van der Waals surface area contributed by atoms with E-state index in [0.717, 1.165) is 31.4 Å². The maximum atomic E-state index is 12.5. The van der Waals surface area contributed by atoms with Crippen LogP contribution in [0.3, 0.4) is 0 Å². The highest BCUT2D eigenvalue weighted by molar-refractivity contribution is 6.74. The quantitative estimate of drug-likeness (QED) is 0.544. The van der Waals surface area contributed by atoms with Gasteiger partial charge in [0.2, 0.25) is 8.32 Å². The fraction of sp³-hybridized carbons (Fsp3) is 0.708. The summed E-state index contributed by atoms with van der Waals surface area (Å²) in [5, 5.41) is 0.219. The van der Waals surface area contributed by atoms with Crippen molar-refractivity contribution in [1.82, 2.24) is 0 Å². The lowest BCUT2D eigenvalue weighted by atomic mass is 9.55. The van der Waals surface area contributed by atoms with Crippen molar-refractivity contribution in [2.75, 3.05) is 0 Å². The van der Waals surface area contributed by atoms with Crippen LogP contribution in [0.2, 0.25) is 18.1 Å². The van der Waals surface area contributed by atoms with Crippen LogP contribution in [-0.2, 0) is 11.2 Å². The molecule has 0 amide bonds. The van der Waals surface area contributed by atoms with Gasteiger partial charge in [-0.1, -0.05) is 33.8 Å². The third-order valence-corrected chi connectivity index (χ3v) is 12.9. The Kier molecular flexibility index (Phi) is 4.42. The van der Waals surface area contributed by atoms with Crippen molar-refractivity contribution in [3.63, 3.8) is 0 Å². The Hall–Kier alpha value is -1.09. The van der Waals surface area contributed by atoms with Gasteiger partial charge in [0.05, 0.1) is 0 Å². The van der Waals surface area contributed by atoms with Crippen LogP contribution in [0.1, 0.15) is 76.8 Å². The van der Waals surface area contributed by atoms with Gasteiger partial charge >= 0.3 is 0 Å². The first kappa shape index (κ1) is 19.2. The number of ketones is 1. The second-order valence-corrected chi connectivity index (χ2v) is 15.8. The maximum Gasteiger partial charge on any atom is 0.250 e. The van der Waals surface area contributed by atoms with Gasteiger partial charge in [0.1, 0.15) is 11.5 Å². The van der Waals surface area contributed by atoms with Crippen LogP contribution in [0.25, 0.3) is 0 Å². The molecule has 0 aliphatic heterocycles. The Balaban J connectivity index is 1.59. The molecule has 3 heteroatoms. The number of aryl methyl sites for hydroxylation is 1. The van der Waals surface area contributed by atoms with Crippen molar-refractivity contribution in [1.29, 1.82) is 0 Å². The van der Waals surface area contributed by atoms with Crippen LogP contribution >= 0.6 is 0 Å². The zero-order valence-corrected chi connectivity index (χ0v) is 19.0. The topological polar surface area (TPSA) is 26.3 Å². The summed E-state index contributed by atoms with van der Waals surface area (Å²) in [5.74, 6) is 3.57. The van der Waals surface area contributed by atoms with E-state index in [1.165, 1.54) is 18.4 Å². The monoisotopic (exact) mass is 384 g/mol. The van der Waals surface area contributed by atoms with Crippen molar-refractivity contribution < 1.29 is 9.22 Å². The summed E-state index contributed by atoms with van der Waals surface area (Å²) >= 11 is 0. The molecule has 1 aromatic carbocycles. The molecular formula is C24H36O2Si. The Morgan fingerprint density at radius 3 is 2.56 bits per heavy atom. The van der Waals surface area contributed by atoms with Crippen molar-refractivity contribution in [2.45, 2.75) is 90.3 Å². The van der Waals surface area contributed by atoms with E-state index in [9.17, 15) is 4.79 Å². The van der Waals surface area contributed by atoms with Crippen LogP contribution < -0.4 is 4.43 Å². The molecule has 0 heterocycles. The van der Waals surface area contributed by atoms with E-state index in [0.29, 0.717) is 23.5 Å². The lowest BCUT2D eigenvalue weighted by Gasteiger charge is -2.48. The number of Topliss-reactive ketones (excluding diaryl/α,β-unsaturated/α-hetero) is 1. The molecule has 2 nitrogen and oxygen atoms in total. The summed E-state index contributed by atoms with van der Waals surface area (Å²) in [6, 6.07) is 6.91. The summed E-state index contributed by atoms with van der Waals surface area (Å²) < 4.78 is 6.56. The first-order valence-electron chi connectivity index (χ1n) is 10.9. The van der Waals surface area contributed by atoms with E-state index < -0.39 is 8.32 Å². The highest BCUT2D eigenvalue weighted by Gasteiger charge is 2.54. The second-order valence-electron chi connectivity index (χ2n) is 11.1. The molecule has 148 valence electrons. The summed E-state index contributed by atoms with van der Waals surface area (Å²) in [5.41, 5.74) is 3.03. The zero-order valence-electron chi connectivity index (χ0n) is 18.0. The van der Waals surface area contributed by atoms with E-state index >= 15 is 0 Å². The van der Waals surface area contributed by atoms with E-state index in [2.05, 4.69) is 59.0 Å². The Morgan fingerprint density at radius 2 is 1.85 bits per heavy atom. The van der Waals surface area contributed by atoms with Gasteiger partial charge in [0, 0.05) is 11.8 Å². The lowest BCUT2D eigenvalue weighted by molar-refractivity contribution is -0.129. The maximum absolute atomic E-state index is 12.5. The van der Waals surface area contributed by atoms with Gasteiger partial charge in [0.15, 0.2) is 0 Å². The van der Waals surface area contributed by atoms with Gasteiger partial charge in [-0.25, -0.2) is 0 Å². The SMILES string of the molecule is CC12CCC3c4ccc(O[Si](C)(C)C(C)(C)C)cc4CCC3C1CCC2=O. The van der Waals surface area contributed by atoms with E-state index in [1.807, 2.05) is 0 Å². The number of rotatable bonds is 2. The van der Waals surface area contributed by atoms with E-state index in [4.69, 9.17) is 4.43 Å². The summed E-state index contributed by atoms with van der Waals surface area (Å²) in [6.45, 7) is 13.8. The fourth-order valence-corrected chi connectivity index (χ4v) is 6.86. The van der Waals surface area contributed by atoms with Gasteiger partial charge in [-0.3, -0.25) is 4.79 Å². The first-order valence-corrected chi connectivity index (χ1v) is 13.8. The van der Waals surface area contributed by atoms with Gasteiger partial charge in [-0.05, 0) is 91.2 Å². The van der Waals surface area contributed by atoms with Gasteiger partial charge in [-0.2, -0.15) is 0 Å². The van der Waals surface area contributed by atoms with Crippen LogP contribution in [-0.4, -0.2) is 14.1 Å². The normalized spacial score (nSPS) is 33.3. The number of carbonyl (C=O) groups excluding carboxylic acids is 1. The Labute approximate surface area is 166 Å². The third-order valence-electron chi connectivity index (χ3n) is 8.59. The van der Waals surface area contributed by atoms with Crippen LogP contribution in [0, 0.1) is 17.3 Å². The third kappa shape index (κ3) is 3.01. The molecule has 0 radical (unpaired) electrons. The average molecular weight is 385 g/mol. The van der Waals surface area contributed by atoms with Crippen molar-refractivity contribution in [3.05, 3.63) is 29.3 Å². The standard InChI is InChI=1S/C24H36O2Si/c1-23(2,3)27(5,6)26-17-8-10-18-16(15-17)7-9-20-19(18)13-14-24(4)21(20)11-12-22(24)25/h8,10,15,19-21H,7,9,11-14H2,1-6H3. The molecule has 0 bridgehead atoms. The predicted octanol–water partition coefficient (Wildman–Crippen LogP) is 6.50. The molecule has 0 saturated heterocycles. The highest BCUT2D eigenvalue weighted by Crippen LogP contribution is 2.59. The lowest BCUT2D eigenvalue weighted by Crippen LogP contribution is -2.44. The number of hydrogen-bond acceptors (Lipinski definition) is 2. The summed E-state index contributed by atoms with van der Waals surface area (Å²) in [7, 11) is -1.80. The van der Waals surface area contributed by atoms with Crippen molar-refractivity contribution >= 4 is 14.1 Å². The molecule has 4 atom stereocenters. The first-order chi connectivity index (χ1) is 12.5. The van der Waals surface area contributed by atoms with E-state index in [-0.39, 0.29) is 10.5 Å². The van der Waals surface area contributed by atoms with E-state index in [1.54, 1.807) is 5.56 Å². The van der Waals surface area contributed by atoms with Crippen LogP contribution in [0.4, 0.5) is 0 Å². The summed E-state index contributed by atoms with van der Waals surface area (Å²) in [6.07, 6.45) is 6.59. The Morgan fingerprint density at radius 1 is 1.11 bits per heavy atom. The smallest absolute Gasteiger partial charge is 0.250 e. The molecule has 0 N–H and O–H groups in total. The number of hydrogen-bond donors (Lipinski definition) is 0. The van der Waals surface area contributed by atoms with Crippen LogP contribution in [0.5, 0.6) is 5.75 Å². The molecule has 2 saturated carbocycles. The molecule has 3 aliphatic carbocycles. The predicted molar refractivity (Wildman–Crippen MR) is 114 cm³/mol. The fourth-order valence-electron chi connectivity index (χ4n) is 5.84. The molecule has 1 aromatic rings. The summed E-state index contributed by atoms with van der Waals surface area (Å²) in [4.78, 5) is 12.5. The minimum Gasteiger partial charge on any atom is -0.543 e. The van der Waals surface area contributed by atoms with Gasteiger partial charge in [-0.15, -0.1) is 0 Å². The molecule has 4 rings (SSSR count). The molecule has 0 spiro atoms. The average Bonchev–Trinajstić information content (AvgIpc) is 2.88. The number of fused-ring (bicyclic) bond motifs is 5. The molecule has 2 fully saturated rings. The van der Waals surface area contributed by atoms with Gasteiger partial charge in [0.25, 0.3) is 0 Å². The number of carbonyl (C=O) groups is 1. The van der Waals surface area contributed by atoms with Gasteiger partial charge < -0.3 is 4.43 Å². The second kappa shape index (κ2) is 6.20. The zero-order chi connectivity index (χ0) is 19.6. The van der Waals surface area contributed by atoms with Crippen molar-refractivity contribution in [3.8, 4) is 5.75 Å². The minimum atomic E-state index is -1.80. The largest absolute Gasteiger partial charge is 0.543 e. The molecule has 27 heavy (non-hydrogen) atoms.